The summed E-state index contributed by atoms with van der Waals surface area (Å²) < 4.78 is 5.56. The predicted octanol–water partition coefficient (Wildman–Crippen LogP) is 2.82. The zero-order chi connectivity index (χ0) is 15.1. The van der Waals surface area contributed by atoms with Crippen molar-refractivity contribution in [2.24, 2.45) is 5.92 Å². The number of hydrogen-bond acceptors (Lipinski definition) is 3. The molecule has 0 saturated heterocycles. The zero-order valence-electron chi connectivity index (χ0n) is 12.6. The molecule has 1 unspecified atom stereocenters. The van der Waals surface area contributed by atoms with Gasteiger partial charge in [0.1, 0.15) is 5.75 Å². The Morgan fingerprint density at radius 3 is 2.55 bits per heavy atom. The fourth-order valence-corrected chi connectivity index (χ4v) is 1.67. The maximum atomic E-state index is 11.8. The van der Waals surface area contributed by atoms with E-state index in [0.717, 1.165) is 6.42 Å². The topological polar surface area (TPSA) is 55.4 Å². The molecular weight excluding hydrogens is 254 g/mol. The first kappa shape index (κ1) is 16.2. The van der Waals surface area contributed by atoms with Gasteiger partial charge in [-0.25, -0.2) is 0 Å². The monoisotopic (exact) mass is 277 g/mol. The van der Waals surface area contributed by atoms with Crippen LogP contribution < -0.4 is 10.1 Å². The van der Waals surface area contributed by atoms with Gasteiger partial charge in [0, 0.05) is 12.1 Å². The lowest BCUT2D eigenvalue weighted by Crippen LogP contribution is -2.37. The lowest BCUT2D eigenvalue weighted by atomic mass is 10.1. The molecule has 20 heavy (non-hydrogen) atoms. The van der Waals surface area contributed by atoms with Crippen LogP contribution in [0.25, 0.3) is 0 Å². The zero-order valence-corrected chi connectivity index (χ0v) is 12.6. The molecule has 1 atom stereocenters. The number of nitrogens with one attached hydrogen (secondary N) is 1. The minimum atomic E-state index is -0.579. The van der Waals surface area contributed by atoms with Gasteiger partial charge in [-0.15, -0.1) is 0 Å². The summed E-state index contributed by atoms with van der Waals surface area (Å²) in [5.74, 6) is 0.923. The van der Waals surface area contributed by atoms with Crippen LogP contribution in [0.5, 0.6) is 5.75 Å². The molecule has 0 spiro atoms. The van der Waals surface area contributed by atoms with E-state index in [1.807, 2.05) is 0 Å². The lowest BCUT2D eigenvalue weighted by Gasteiger charge is -2.15. The van der Waals surface area contributed by atoms with Crippen LogP contribution in [-0.2, 0) is 4.79 Å². The highest BCUT2D eigenvalue weighted by molar-refractivity contribution is 5.94. The summed E-state index contributed by atoms with van der Waals surface area (Å²) >= 11 is 0. The van der Waals surface area contributed by atoms with E-state index in [9.17, 15) is 9.59 Å². The minimum absolute atomic E-state index is 0.0236. The van der Waals surface area contributed by atoms with Crippen molar-refractivity contribution in [3.05, 3.63) is 29.8 Å². The Morgan fingerprint density at radius 1 is 1.25 bits per heavy atom. The molecule has 1 N–H and O–H groups in total. The number of ketones is 1. The van der Waals surface area contributed by atoms with Gasteiger partial charge in [-0.1, -0.05) is 26.0 Å². The molecular formula is C16H23NO3. The Labute approximate surface area is 120 Å². The van der Waals surface area contributed by atoms with Crippen LogP contribution in [0.15, 0.2) is 24.3 Å². The molecule has 0 saturated carbocycles. The molecule has 0 heterocycles. The number of amides is 1. The van der Waals surface area contributed by atoms with Gasteiger partial charge >= 0.3 is 0 Å². The Morgan fingerprint density at radius 2 is 1.95 bits per heavy atom. The van der Waals surface area contributed by atoms with Crippen LogP contribution in [0.3, 0.4) is 0 Å². The maximum Gasteiger partial charge on any atom is 0.260 e. The second kappa shape index (κ2) is 7.68. The summed E-state index contributed by atoms with van der Waals surface area (Å²) in [6.07, 6.45) is 0.363. The molecule has 0 aromatic heterocycles. The largest absolute Gasteiger partial charge is 0.481 e. The van der Waals surface area contributed by atoms with Gasteiger partial charge in [-0.3, -0.25) is 9.59 Å². The predicted molar refractivity (Wildman–Crippen MR) is 79.0 cm³/mol. The summed E-state index contributed by atoms with van der Waals surface area (Å²) in [5.41, 5.74) is 0.579. The van der Waals surface area contributed by atoms with Crippen molar-refractivity contribution in [2.45, 2.75) is 40.2 Å². The fourth-order valence-electron chi connectivity index (χ4n) is 1.67. The molecule has 1 aromatic carbocycles. The molecule has 0 fully saturated rings. The van der Waals surface area contributed by atoms with Gasteiger partial charge in [-0.05, 0) is 38.3 Å². The second-order valence-electron chi connectivity index (χ2n) is 5.32. The van der Waals surface area contributed by atoms with E-state index in [1.165, 1.54) is 6.92 Å². The summed E-state index contributed by atoms with van der Waals surface area (Å²) in [6.45, 7) is 8.07. The summed E-state index contributed by atoms with van der Waals surface area (Å²) in [4.78, 5) is 23.1. The van der Waals surface area contributed by atoms with E-state index in [1.54, 1.807) is 31.2 Å². The van der Waals surface area contributed by atoms with Crippen molar-refractivity contribution < 1.29 is 14.3 Å². The molecule has 1 rings (SSSR count). The molecule has 0 radical (unpaired) electrons. The summed E-state index contributed by atoms with van der Waals surface area (Å²) in [5, 5.41) is 2.84. The van der Waals surface area contributed by atoms with Crippen molar-refractivity contribution in [1.82, 2.24) is 5.32 Å². The molecule has 4 nitrogen and oxygen atoms in total. The number of hydrogen-bond donors (Lipinski definition) is 1. The molecule has 1 aromatic rings. The van der Waals surface area contributed by atoms with Crippen molar-refractivity contribution in [1.29, 1.82) is 0 Å². The Bertz CT molecular complexity index is 469. The standard InChI is InChI=1S/C16H23NO3/c1-11(2)8-9-17-16(19)13(4)20-15-7-5-6-14(10-15)12(3)18/h5-7,10-11,13H,8-9H2,1-4H3,(H,17,19). The highest BCUT2D eigenvalue weighted by atomic mass is 16.5. The second-order valence-corrected chi connectivity index (χ2v) is 5.32. The molecule has 110 valence electrons. The number of ether oxygens (including phenoxy) is 1. The maximum absolute atomic E-state index is 11.8. The highest BCUT2D eigenvalue weighted by Crippen LogP contribution is 2.15. The summed E-state index contributed by atoms with van der Waals surface area (Å²) in [6, 6.07) is 6.86. The molecule has 4 heteroatoms. The van der Waals surface area contributed by atoms with Gasteiger partial charge < -0.3 is 10.1 Å². The number of benzene rings is 1. The highest BCUT2D eigenvalue weighted by Gasteiger charge is 2.14. The van der Waals surface area contributed by atoms with Gasteiger partial charge in [0.25, 0.3) is 5.91 Å². The Kier molecular flexibility index (Phi) is 6.22. The Balaban J connectivity index is 2.52. The third-order valence-corrected chi connectivity index (χ3v) is 2.94. The van der Waals surface area contributed by atoms with Crippen LogP contribution in [-0.4, -0.2) is 24.3 Å². The average Bonchev–Trinajstić information content (AvgIpc) is 2.38. The van der Waals surface area contributed by atoms with Crippen LogP contribution in [0.1, 0.15) is 44.5 Å². The number of carbonyl (C=O) groups is 2. The number of rotatable bonds is 7. The van der Waals surface area contributed by atoms with Crippen LogP contribution >= 0.6 is 0 Å². The number of Topliss-reactive ketones (excluding diaryl/α,β-unsaturated/α-hetero) is 1. The van der Waals surface area contributed by atoms with Crippen molar-refractivity contribution in [3.8, 4) is 5.75 Å². The smallest absolute Gasteiger partial charge is 0.260 e. The van der Waals surface area contributed by atoms with E-state index >= 15 is 0 Å². The first-order chi connectivity index (χ1) is 9.40. The van der Waals surface area contributed by atoms with Gasteiger partial charge in [-0.2, -0.15) is 0 Å². The molecule has 0 aliphatic carbocycles. The normalized spacial score (nSPS) is 12.1. The third kappa shape index (κ3) is 5.43. The molecule has 0 aliphatic heterocycles. The van der Waals surface area contributed by atoms with Gasteiger partial charge in [0.2, 0.25) is 0 Å². The first-order valence-corrected chi connectivity index (χ1v) is 6.95. The van der Waals surface area contributed by atoms with Gasteiger partial charge in [0.15, 0.2) is 11.9 Å². The van der Waals surface area contributed by atoms with Gasteiger partial charge in [0.05, 0.1) is 0 Å². The number of carbonyl (C=O) groups excluding carboxylic acids is 2. The summed E-state index contributed by atoms with van der Waals surface area (Å²) in [7, 11) is 0. The quantitative estimate of drug-likeness (QED) is 0.780. The van der Waals surface area contributed by atoms with Crippen molar-refractivity contribution in [2.75, 3.05) is 6.54 Å². The van der Waals surface area contributed by atoms with Crippen molar-refractivity contribution in [3.63, 3.8) is 0 Å². The van der Waals surface area contributed by atoms with E-state index in [4.69, 9.17) is 4.74 Å². The fraction of sp³-hybridized carbons (Fsp3) is 0.500. The van der Waals surface area contributed by atoms with Crippen LogP contribution in [0.2, 0.25) is 0 Å². The van der Waals surface area contributed by atoms with E-state index in [0.29, 0.717) is 23.8 Å². The molecule has 1 amide bonds. The Hall–Kier alpha value is -1.84. The van der Waals surface area contributed by atoms with Crippen LogP contribution in [0.4, 0.5) is 0 Å². The van der Waals surface area contributed by atoms with Crippen LogP contribution in [0, 0.1) is 5.92 Å². The van der Waals surface area contributed by atoms with E-state index in [2.05, 4.69) is 19.2 Å². The molecule has 0 bridgehead atoms. The third-order valence-electron chi connectivity index (χ3n) is 2.94. The lowest BCUT2D eigenvalue weighted by molar-refractivity contribution is -0.127. The first-order valence-electron chi connectivity index (χ1n) is 6.95. The minimum Gasteiger partial charge on any atom is -0.481 e. The van der Waals surface area contributed by atoms with Crippen molar-refractivity contribution >= 4 is 11.7 Å². The molecule has 0 aliphatic rings. The average molecular weight is 277 g/mol. The SMILES string of the molecule is CC(=O)c1cccc(OC(C)C(=O)NCCC(C)C)c1. The van der Waals surface area contributed by atoms with E-state index < -0.39 is 6.10 Å². The van der Waals surface area contributed by atoms with E-state index in [-0.39, 0.29) is 11.7 Å².